The van der Waals surface area contributed by atoms with Gasteiger partial charge in [-0.3, -0.25) is 4.99 Å². The molecule has 1 atom stereocenters. The van der Waals surface area contributed by atoms with Crippen molar-refractivity contribution in [1.29, 1.82) is 0 Å². The van der Waals surface area contributed by atoms with Crippen LogP contribution >= 0.6 is 0 Å². The van der Waals surface area contributed by atoms with Crippen LogP contribution in [0.1, 0.15) is 33.1 Å². The predicted octanol–water partition coefficient (Wildman–Crippen LogP) is 1.24. The summed E-state index contributed by atoms with van der Waals surface area (Å²) in [4.78, 5) is 9.65. The Morgan fingerprint density at radius 2 is 2.00 bits per heavy atom. The summed E-state index contributed by atoms with van der Waals surface area (Å²) in [5.74, 6) is 1.55. The second-order valence-electron chi connectivity index (χ2n) is 6.91. The molecule has 0 aromatic heterocycles. The summed E-state index contributed by atoms with van der Waals surface area (Å²) in [6, 6.07) is 0. The molecule has 24 heavy (non-hydrogen) atoms. The molecule has 1 aliphatic rings. The van der Waals surface area contributed by atoms with E-state index in [-0.39, 0.29) is 0 Å². The number of aliphatic imine (C=N–C) groups is 1. The van der Waals surface area contributed by atoms with Gasteiger partial charge in [-0.2, -0.15) is 0 Å². The number of guanidine groups is 1. The Bertz CT molecular complexity index is 331. The fourth-order valence-corrected chi connectivity index (χ4v) is 3.01. The minimum absolute atomic E-state index is 0.607. The van der Waals surface area contributed by atoms with Gasteiger partial charge >= 0.3 is 0 Å². The first-order valence-corrected chi connectivity index (χ1v) is 9.57. The van der Waals surface area contributed by atoms with Gasteiger partial charge in [-0.25, -0.2) is 0 Å². The molecule has 0 amide bonds. The van der Waals surface area contributed by atoms with Crippen molar-refractivity contribution in [3.63, 3.8) is 0 Å². The van der Waals surface area contributed by atoms with E-state index in [1.165, 1.54) is 32.5 Å². The van der Waals surface area contributed by atoms with Gasteiger partial charge in [0, 0.05) is 53.0 Å². The number of hydrogen-bond donors (Lipinski definition) is 2. The summed E-state index contributed by atoms with van der Waals surface area (Å²) in [5.41, 5.74) is 0. The summed E-state index contributed by atoms with van der Waals surface area (Å²) >= 11 is 0. The zero-order valence-electron chi connectivity index (χ0n) is 16.3. The largest absolute Gasteiger partial charge is 0.385 e. The monoisotopic (exact) mass is 341 g/mol. The first-order valence-electron chi connectivity index (χ1n) is 9.57. The number of nitrogens with zero attached hydrogens (tertiary/aromatic N) is 3. The average Bonchev–Trinajstić information content (AvgIpc) is 3.05. The molecule has 0 aromatic rings. The summed E-state index contributed by atoms with van der Waals surface area (Å²) in [6.45, 7) is 13.7. The Kier molecular flexibility index (Phi) is 11.9. The second-order valence-corrected chi connectivity index (χ2v) is 6.91. The highest BCUT2D eigenvalue weighted by Crippen LogP contribution is 2.10. The van der Waals surface area contributed by atoms with Gasteiger partial charge in [0.2, 0.25) is 0 Å². The highest BCUT2D eigenvalue weighted by Gasteiger charge is 2.14. The molecule has 6 heteroatoms. The molecule has 0 aromatic carbocycles. The first kappa shape index (κ1) is 21.2. The van der Waals surface area contributed by atoms with Gasteiger partial charge in [0.25, 0.3) is 0 Å². The van der Waals surface area contributed by atoms with Crippen LogP contribution in [-0.4, -0.2) is 88.9 Å². The van der Waals surface area contributed by atoms with Gasteiger partial charge in [0.05, 0.1) is 0 Å². The van der Waals surface area contributed by atoms with E-state index in [2.05, 4.69) is 41.3 Å². The van der Waals surface area contributed by atoms with E-state index in [1.54, 1.807) is 7.11 Å². The molecule has 0 radical (unpaired) electrons. The quantitative estimate of drug-likeness (QED) is 0.318. The molecule has 0 spiro atoms. The maximum absolute atomic E-state index is 5.09. The van der Waals surface area contributed by atoms with Gasteiger partial charge in [0.1, 0.15) is 0 Å². The first-order chi connectivity index (χ1) is 11.7. The van der Waals surface area contributed by atoms with E-state index in [9.17, 15) is 0 Å². The van der Waals surface area contributed by atoms with Gasteiger partial charge in [-0.15, -0.1) is 0 Å². The molecule has 0 bridgehead atoms. The smallest absolute Gasteiger partial charge is 0.191 e. The van der Waals surface area contributed by atoms with Crippen LogP contribution in [0, 0.1) is 5.92 Å². The summed E-state index contributed by atoms with van der Waals surface area (Å²) in [6.07, 6.45) is 3.80. The van der Waals surface area contributed by atoms with Crippen molar-refractivity contribution in [2.75, 3.05) is 73.1 Å². The molecule has 1 unspecified atom stereocenters. The van der Waals surface area contributed by atoms with E-state index < -0.39 is 0 Å². The Balaban J connectivity index is 2.23. The van der Waals surface area contributed by atoms with Crippen LogP contribution in [0.5, 0.6) is 0 Å². The molecule has 1 aliphatic heterocycles. The molecule has 1 saturated heterocycles. The van der Waals surface area contributed by atoms with Gasteiger partial charge in [-0.1, -0.05) is 6.92 Å². The SMILES string of the molecule is CCNC(=NCC(C)CN1CCCC1)NCCN(C)CCCOC. The molecule has 142 valence electrons. The predicted molar refractivity (Wildman–Crippen MR) is 103 cm³/mol. The lowest BCUT2D eigenvalue weighted by atomic mass is 10.2. The van der Waals surface area contributed by atoms with Crippen LogP contribution in [-0.2, 0) is 4.74 Å². The Morgan fingerprint density at radius 1 is 1.25 bits per heavy atom. The van der Waals surface area contributed by atoms with Crippen LogP contribution in [0.3, 0.4) is 0 Å². The second kappa shape index (κ2) is 13.4. The number of ether oxygens (including phenoxy) is 1. The fraction of sp³-hybridized carbons (Fsp3) is 0.944. The van der Waals surface area contributed by atoms with Crippen LogP contribution < -0.4 is 10.6 Å². The third kappa shape index (κ3) is 10.1. The Morgan fingerprint density at radius 3 is 2.67 bits per heavy atom. The van der Waals surface area contributed by atoms with Crippen molar-refractivity contribution >= 4 is 5.96 Å². The number of likely N-dealkylation sites (N-methyl/N-ethyl adjacent to an activating group) is 1. The Labute approximate surface area is 149 Å². The fourth-order valence-electron chi connectivity index (χ4n) is 3.01. The Hall–Kier alpha value is -0.850. The van der Waals surface area contributed by atoms with E-state index in [0.717, 1.165) is 51.7 Å². The topological polar surface area (TPSA) is 52.1 Å². The van der Waals surface area contributed by atoms with Crippen LogP contribution in [0.4, 0.5) is 0 Å². The van der Waals surface area contributed by atoms with E-state index in [4.69, 9.17) is 9.73 Å². The highest BCUT2D eigenvalue weighted by atomic mass is 16.5. The van der Waals surface area contributed by atoms with Crippen LogP contribution in [0.15, 0.2) is 4.99 Å². The molecular weight excluding hydrogens is 302 g/mol. The molecule has 0 saturated carbocycles. The maximum atomic E-state index is 5.09. The maximum Gasteiger partial charge on any atom is 0.191 e. The number of hydrogen-bond acceptors (Lipinski definition) is 4. The molecule has 0 aliphatic carbocycles. The highest BCUT2D eigenvalue weighted by molar-refractivity contribution is 5.79. The molecule has 1 fully saturated rings. The minimum Gasteiger partial charge on any atom is -0.385 e. The average molecular weight is 342 g/mol. The lowest BCUT2D eigenvalue weighted by molar-refractivity contribution is 0.180. The van der Waals surface area contributed by atoms with Crippen molar-refractivity contribution < 1.29 is 4.74 Å². The van der Waals surface area contributed by atoms with Crippen LogP contribution in [0.2, 0.25) is 0 Å². The summed E-state index contributed by atoms with van der Waals surface area (Å²) in [5, 5.41) is 6.79. The molecule has 2 N–H and O–H groups in total. The number of nitrogens with one attached hydrogen (secondary N) is 2. The van der Waals surface area contributed by atoms with E-state index >= 15 is 0 Å². The number of rotatable bonds is 12. The standard InChI is InChI=1S/C18H39N5O/c1-5-19-18(20-9-13-22(3)10-8-14-24-4)21-15-17(2)16-23-11-6-7-12-23/h17H,5-16H2,1-4H3,(H2,19,20,21). The lowest BCUT2D eigenvalue weighted by Crippen LogP contribution is -2.41. The van der Waals surface area contributed by atoms with Crippen molar-refractivity contribution in [1.82, 2.24) is 20.4 Å². The van der Waals surface area contributed by atoms with Crippen molar-refractivity contribution in [3.8, 4) is 0 Å². The van der Waals surface area contributed by atoms with Gasteiger partial charge in [0.15, 0.2) is 5.96 Å². The van der Waals surface area contributed by atoms with Crippen molar-refractivity contribution in [2.45, 2.75) is 33.1 Å². The minimum atomic E-state index is 0.607. The molecule has 6 nitrogen and oxygen atoms in total. The zero-order chi connectivity index (χ0) is 17.6. The summed E-state index contributed by atoms with van der Waals surface area (Å²) < 4.78 is 5.09. The zero-order valence-corrected chi connectivity index (χ0v) is 16.3. The number of likely N-dealkylation sites (tertiary alicyclic amines) is 1. The molecule has 1 rings (SSSR count). The molecular formula is C18H39N5O. The number of methoxy groups -OCH3 is 1. The van der Waals surface area contributed by atoms with Gasteiger partial charge in [-0.05, 0) is 52.2 Å². The van der Waals surface area contributed by atoms with Crippen LogP contribution in [0.25, 0.3) is 0 Å². The normalized spacial score (nSPS) is 17.5. The van der Waals surface area contributed by atoms with Crippen molar-refractivity contribution in [2.24, 2.45) is 10.9 Å². The third-order valence-electron chi connectivity index (χ3n) is 4.35. The van der Waals surface area contributed by atoms with E-state index in [0.29, 0.717) is 5.92 Å². The van der Waals surface area contributed by atoms with E-state index in [1.807, 2.05) is 0 Å². The molecule has 1 heterocycles. The summed E-state index contributed by atoms with van der Waals surface area (Å²) in [7, 11) is 3.91. The van der Waals surface area contributed by atoms with Crippen molar-refractivity contribution in [3.05, 3.63) is 0 Å². The lowest BCUT2D eigenvalue weighted by Gasteiger charge is -2.20. The van der Waals surface area contributed by atoms with Gasteiger partial charge < -0.3 is 25.2 Å². The third-order valence-corrected chi connectivity index (χ3v) is 4.35.